The van der Waals surface area contributed by atoms with Gasteiger partial charge in [-0.25, -0.2) is 0 Å². The largest absolute Gasteiger partial charge is 0.493 e. The van der Waals surface area contributed by atoms with Gasteiger partial charge < -0.3 is 19.5 Å². The molecule has 0 atom stereocenters. The van der Waals surface area contributed by atoms with Crippen LogP contribution >= 0.6 is 11.3 Å². The van der Waals surface area contributed by atoms with E-state index in [0.29, 0.717) is 19.0 Å². The molecular formula is C15H17NO3S. The van der Waals surface area contributed by atoms with Crippen LogP contribution in [-0.2, 0) is 13.1 Å². The van der Waals surface area contributed by atoms with E-state index in [0.717, 1.165) is 30.2 Å². The highest BCUT2D eigenvalue weighted by molar-refractivity contribution is 7.07. The molecule has 0 bridgehead atoms. The summed E-state index contributed by atoms with van der Waals surface area (Å²) < 4.78 is 16.6. The first-order valence-electron chi connectivity index (χ1n) is 6.55. The second-order valence-corrected chi connectivity index (χ2v) is 5.34. The Kier molecular flexibility index (Phi) is 4.08. The molecule has 0 saturated carbocycles. The molecule has 1 aromatic carbocycles. The number of ether oxygens (including phenoxy) is 3. The molecule has 0 fully saturated rings. The highest BCUT2D eigenvalue weighted by Crippen LogP contribution is 2.40. The lowest BCUT2D eigenvalue weighted by molar-refractivity contribution is 0.165. The van der Waals surface area contributed by atoms with Crippen LogP contribution in [0.15, 0.2) is 29.0 Å². The highest BCUT2D eigenvalue weighted by Gasteiger charge is 2.18. The first kappa shape index (κ1) is 13.3. The molecule has 0 radical (unpaired) electrons. The number of methoxy groups -OCH3 is 1. The minimum absolute atomic E-state index is 0.569. The Morgan fingerprint density at radius 1 is 1.20 bits per heavy atom. The summed E-state index contributed by atoms with van der Waals surface area (Å²) in [4.78, 5) is 0. The molecule has 1 aromatic heterocycles. The van der Waals surface area contributed by atoms with Crippen molar-refractivity contribution in [3.63, 3.8) is 0 Å². The van der Waals surface area contributed by atoms with Gasteiger partial charge in [0.05, 0.1) is 7.11 Å². The fourth-order valence-electron chi connectivity index (χ4n) is 2.17. The quantitative estimate of drug-likeness (QED) is 0.919. The zero-order chi connectivity index (χ0) is 13.8. The maximum absolute atomic E-state index is 5.63. The van der Waals surface area contributed by atoms with Gasteiger partial charge in [-0.1, -0.05) is 0 Å². The zero-order valence-corrected chi connectivity index (χ0v) is 12.2. The van der Waals surface area contributed by atoms with Crippen LogP contribution in [-0.4, -0.2) is 20.3 Å². The van der Waals surface area contributed by atoms with Crippen LogP contribution in [0.25, 0.3) is 0 Å². The monoisotopic (exact) mass is 291 g/mol. The van der Waals surface area contributed by atoms with Crippen LogP contribution in [0.1, 0.15) is 11.1 Å². The van der Waals surface area contributed by atoms with Crippen molar-refractivity contribution < 1.29 is 14.2 Å². The zero-order valence-electron chi connectivity index (χ0n) is 11.3. The third kappa shape index (κ3) is 2.89. The number of fused-ring (bicyclic) bond motifs is 1. The molecule has 0 amide bonds. The van der Waals surface area contributed by atoms with Gasteiger partial charge in [-0.3, -0.25) is 0 Å². The van der Waals surface area contributed by atoms with E-state index in [9.17, 15) is 0 Å². The molecule has 0 aliphatic carbocycles. The Labute approximate surface area is 122 Å². The molecule has 0 spiro atoms. The molecule has 4 nitrogen and oxygen atoms in total. The van der Waals surface area contributed by atoms with Crippen molar-refractivity contribution in [3.8, 4) is 17.2 Å². The minimum Gasteiger partial charge on any atom is -0.493 e. The van der Waals surface area contributed by atoms with Crippen molar-refractivity contribution in [3.05, 3.63) is 40.1 Å². The molecular weight excluding hydrogens is 274 g/mol. The molecule has 3 rings (SSSR count). The lowest BCUT2D eigenvalue weighted by Gasteiger charge is -2.21. The maximum atomic E-state index is 5.63. The Hall–Kier alpha value is -1.72. The van der Waals surface area contributed by atoms with Gasteiger partial charge in [0.1, 0.15) is 13.2 Å². The number of thiophene rings is 1. The van der Waals surface area contributed by atoms with E-state index in [1.165, 1.54) is 5.56 Å². The lowest BCUT2D eigenvalue weighted by Crippen LogP contribution is -2.17. The number of nitrogens with one attached hydrogen (secondary N) is 1. The molecule has 1 aliphatic heterocycles. The Morgan fingerprint density at radius 3 is 2.85 bits per heavy atom. The Morgan fingerprint density at radius 2 is 2.05 bits per heavy atom. The molecule has 20 heavy (non-hydrogen) atoms. The SMILES string of the molecule is COc1cc(CNCc2ccsc2)cc2c1OCCO2. The number of rotatable bonds is 5. The van der Waals surface area contributed by atoms with Crippen LogP contribution in [0.5, 0.6) is 17.2 Å². The summed E-state index contributed by atoms with van der Waals surface area (Å²) in [5.41, 5.74) is 2.43. The Bertz CT molecular complexity index is 551. The third-order valence-corrected chi connectivity index (χ3v) is 3.86. The van der Waals surface area contributed by atoms with Gasteiger partial charge >= 0.3 is 0 Å². The van der Waals surface area contributed by atoms with Crippen molar-refractivity contribution in [1.29, 1.82) is 0 Å². The first-order valence-corrected chi connectivity index (χ1v) is 7.49. The Balaban J connectivity index is 1.69. The average molecular weight is 291 g/mol. The van der Waals surface area contributed by atoms with E-state index in [4.69, 9.17) is 14.2 Å². The molecule has 5 heteroatoms. The number of hydrogen-bond acceptors (Lipinski definition) is 5. The molecule has 1 aliphatic rings. The summed E-state index contributed by atoms with van der Waals surface area (Å²) in [6.45, 7) is 2.78. The van der Waals surface area contributed by atoms with E-state index in [2.05, 4.69) is 22.1 Å². The standard InChI is InChI=1S/C15H17NO3S/c1-17-13-6-12(7-14-15(13)19-4-3-18-14)9-16-8-11-2-5-20-10-11/h2,5-7,10,16H,3-4,8-9H2,1H3. The van der Waals surface area contributed by atoms with Crippen LogP contribution in [0.2, 0.25) is 0 Å². The summed E-state index contributed by atoms with van der Waals surface area (Å²) in [7, 11) is 1.65. The first-order chi connectivity index (χ1) is 9.86. The maximum Gasteiger partial charge on any atom is 0.203 e. The highest BCUT2D eigenvalue weighted by atomic mass is 32.1. The van der Waals surface area contributed by atoms with Crippen molar-refractivity contribution in [1.82, 2.24) is 5.32 Å². The fraction of sp³-hybridized carbons (Fsp3) is 0.333. The van der Waals surface area contributed by atoms with Gasteiger partial charge in [-0.15, -0.1) is 0 Å². The summed E-state index contributed by atoms with van der Waals surface area (Å²) in [5, 5.41) is 7.65. The van der Waals surface area contributed by atoms with Crippen LogP contribution in [0, 0.1) is 0 Å². The van der Waals surface area contributed by atoms with Gasteiger partial charge in [-0.2, -0.15) is 11.3 Å². The lowest BCUT2D eigenvalue weighted by atomic mass is 10.1. The number of benzene rings is 1. The summed E-state index contributed by atoms with van der Waals surface area (Å²) in [6.07, 6.45) is 0. The fourth-order valence-corrected chi connectivity index (χ4v) is 2.84. The molecule has 0 saturated heterocycles. The summed E-state index contributed by atoms with van der Waals surface area (Å²) in [5.74, 6) is 2.21. The van der Waals surface area contributed by atoms with Crippen LogP contribution in [0.4, 0.5) is 0 Å². The van der Waals surface area contributed by atoms with E-state index in [-0.39, 0.29) is 0 Å². The van der Waals surface area contributed by atoms with Crippen molar-refractivity contribution in [2.45, 2.75) is 13.1 Å². The summed E-state index contributed by atoms with van der Waals surface area (Å²) in [6, 6.07) is 6.13. The second kappa shape index (κ2) is 6.15. The second-order valence-electron chi connectivity index (χ2n) is 4.56. The smallest absolute Gasteiger partial charge is 0.203 e. The molecule has 2 heterocycles. The van der Waals surface area contributed by atoms with E-state index in [1.54, 1.807) is 18.4 Å². The molecule has 0 unspecified atom stereocenters. The molecule has 106 valence electrons. The van der Waals surface area contributed by atoms with Gasteiger partial charge in [0.25, 0.3) is 0 Å². The topological polar surface area (TPSA) is 39.7 Å². The van der Waals surface area contributed by atoms with Gasteiger partial charge in [0, 0.05) is 13.1 Å². The molecule has 1 N–H and O–H groups in total. The van der Waals surface area contributed by atoms with Gasteiger partial charge in [0.15, 0.2) is 11.5 Å². The number of hydrogen-bond donors (Lipinski definition) is 1. The van der Waals surface area contributed by atoms with E-state index >= 15 is 0 Å². The van der Waals surface area contributed by atoms with Gasteiger partial charge in [-0.05, 0) is 40.1 Å². The van der Waals surface area contributed by atoms with Crippen LogP contribution in [0.3, 0.4) is 0 Å². The molecule has 2 aromatic rings. The van der Waals surface area contributed by atoms with Crippen molar-refractivity contribution in [2.24, 2.45) is 0 Å². The average Bonchev–Trinajstić information content (AvgIpc) is 2.99. The third-order valence-electron chi connectivity index (χ3n) is 3.13. The van der Waals surface area contributed by atoms with E-state index < -0.39 is 0 Å². The van der Waals surface area contributed by atoms with E-state index in [1.807, 2.05) is 12.1 Å². The van der Waals surface area contributed by atoms with Crippen molar-refractivity contribution >= 4 is 11.3 Å². The minimum atomic E-state index is 0.569. The van der Waals surface area contributed by atoms with Crippen molar-refractivity contribution in [2.75, 3.05) is 20.3 Å². The summed E-state index contributed by atoms with van der Waals surface area (Å²) >= 11 is 1.71. The van der Waals surface area contributed by atoms with Crippen LogP contribution < -0.4 is 19.5 Å². The predicted octanol–water partition coefficient (Wildman–Crippen LogP) is 2.82. The van der Waals surface area contributed by atoms with Gasteiger partial charge in [0.2, 0.25) is 5.75 Å². The normalized spacial score (nSPS) is 13.2. The predicted molar refractivity (Wildman–Crippen MR) is 78.8 cm³/mol.